The first-order chi connectivity index (χ1) is 9.73. The van der Waals surface area contributed by atoms with E-state index in [-0.39, 0.29) is 17.1 Å². The van der Waals surface area contributed by atoms with Crippen LogP contribution in [0.2, 0.25) is 0 Å². The zero-order chi connectivity index (χ0) is 13.5. The average Bonchev–Trinajstić information content (AvgIpc) is 3.01. The van der Waals surface area contributed by atoms with E-state index in [1.54, 1.807) is 6.08 Å². The molecule has 0 bridgehead atoms. The molecule has 2 saturated heterocycles. The quantitative estimate of drug-likeness (QED) is 0.720. The number of carbonyl (C=O) groups excluding carboxylic acids is 2. The third kappa shape index (κ3) is 1.02. The maximum Gasteiger partial charge on any atom is 0.251 e. The highest BCUT2D eigenvalue weighted by Gasteiger charge is 2.69. The third-order valence-electron chi connectivity index (χ3n) is 5.70. The van der Waals surface area contributed by atoms with Crippen LogP contribution in [0.5, 0.6) is 0 Å². The molecular weight excluding hydrogens is 250 g/mol. The Kier molecular flexibility index (Phi) is 1.74. The summed E-state index contributed by atoms with van der Waals surface area (Å²) >= 11 is 0. The van der Waals surface area contributed by atoms with E-state index in [0.717, 1.165) is 42.5 Å². The van der Waals surface area contributed by atoms with E-state index in [1.165, 1.54) is 0 Å². The molecule has 1 aromatic carbocycles. The zero-order valence-electron chi connectivity index (χ0n) is 11.1. The highest BCUT2D eigenvalue weighted by atomic mass is 16.2. The Balaban J connectivity index is 1.76. The highest BCUT2D eigenvalue weighted by molar-refractivity contribution is 6.15. The topological polar surface area (TPSA) is 37.4 Å². The molecule has 2 heterocycles. The van der Waals surface area contributed by atoms with Crippen LogP contribution in [-0.4, -0.2) is 29.2 Å². The number of rotatable bonds is 0. The number of hydrogen-bond acceptors (Lipinski definition) is 2. The van der Waals surface area contributed by atoms with E-state index in [2.05, 4.69) is 6.07 Å². The fraction of sp³-hybridized carbons (Fsp3) is 0.412. The van der Waals surface area contributed by atoms with E-state index in [0.29, 0.717) is 12.0 Å². The van der Waals surface area contributed by atoms with Crippen molar-refractivity contribution in [3.63, 3.8) is 0 Å². The molecule has 3 atom stereocenters. The summed E-state index contributed by atoms with van der Waals surface area (Å²) < 4.78 is 0. The lowest BCUT2D eigenvalue weighted by atomic mass is 9.73. The van der Waals surface area contributed by atoms with Crippen LogP contribution in [0, 0.1) is 5.92 Å². The lowest BCUT2D eigenvalue weighted by molar-refractivity contribution is -0.130. The number of benzene rings is 1. The van der Waals surface area contributed by atoms with Crippen LogP contribution in [-0.2, 0) is 10.2 Å². The van der Waals surface area contributed by atoms with Gasteiger partial charge in [-0.2, -0.15) is 0 Å². The molecule has 5 rings (SSSR count). The van der Waals surface area contributed by atoms with Gasteiger partial charge in [0, 0.05) is 29.1 Å². The van der Waals surface area contributed by atoms with Crippen molar-refractivity contribution in [2.24, 2.45) is 5.92 Å². The normalized spacial score (nSPS) is 36.8. The van der Waals surface area contributed by atoms with Crippen LogP contribution in [0.1, 0.15) is 35.2 Å². The van der Waals surface area contributed by atoms with Crippen molar-refractivity contribution in [3.05, 3.63) is 47.0 Å². The number of ketones is 1. The Morgan fingerprint density at radius 3 is 2.95 bits per heavy atom. The van der Waals surface area contributed by atoms with Crippen molar-refractivity contribution >= 4 is 11.7 Å². The number of allylic oxidation sites excluding steroid dienone is 1. The van der Waals surface area contributed by atoms with Gasteiger partial charge in [-0.15, -0.1) is 0 Å². The van der Waals surface area contributed by atoms with E-state index in [4.69, 9.17) is 0 Å². The molecule has 0 radical (unpaired) electrons. The third-order valence-corrected chi connectivity index (χ3v) is 5.70. The Hall–Kier alpha value is -1.90. The van der Waals surface area contributed by atoms with E-state index in [1.807, 2.05) is 23.1 Å². The Morgan fingerprint density at radius 2 is 2.05 bits per heavy atom. The Bertz CT molecular complexity index is 705. The standard InChI is InChI=1S/C17H15NO2/c19-15-8-12-16(20)18-7-3-6-14(18)13-9-17(12,13)11-5-2-1-4-10(11)15/h1-2,4-5,8,13-14H,3,6-7,9H2. The first-order valence-corrected chi connectivity index (χ1v) is 7.40. The number of hydrogen-bond donors (Lipinski definition) is 0. The fourth-order valence-electron chi connectivity index (χ4n) is 4.81. The van der Waals surface area contributed by atoms with Gasteiger partial charge in [-0.25, -0.2) is 0 Å². The van der Waals surface area contributed by atoms with Crippen molar-refractivity contribution in [1.29, 1.82) is 0 Å². The van der Waals surface area contributed by atoms with Crippen molar-refractivity contribution < 1.29 is 9.59 Å². The summed E-state index contributed by atoms with van der Waals surface area (Å²) in [5.74, 6) is 0.644. The first kappa shape index (κ1) is 10.8. The second-order valence-electron chi connectivity index (χ2n) is 6.46. The van der Waals surface area contributed by atoms with Gasteiger partial charge in [0.1, 0.15) is 0 Å². The molecule has 1 saturated carbocycles. The van der Waals surface area contributed by atoms with Crippen LogP contribution in [0.25, 0.3) is 0 Å². The van der Waals surface area contributed by atoms with Crippen molar-refractivity contribution in [2.45, 2.75) is 30.7 Å². The van der Waals surface area contributed by atoms with Crippen LogP contribution < -0.4 is 0 Å². The largest absolute Gasteiger partial charge is 0.336 e. The van der Waals surface area contributed by atoms with E-state index in [9.17, 15) is 9.59 Å². The number of nitrogens with zero attached hydrogens (tertiary/aromatic N) is 1. The second kappa shape index (κ2) is 3.22. The summed E-state index contributed by atoms with van der Waals surface area (Å²) in [6.45, 7) is 0.864. The van der Waals surface area contributed by atoms with Crippen molar-refractivity contribution in [2.75, 3.05) is 6.54 Å². The minimum Gasteiger partial charge on any atom is -0.336 e. The summed E-state index contributed by atoms with van der Waals surface area (Å²) in [6, 6.07) is 8.26. The summed E-state index contributed by atoms with van der Waals surface area (Å²) in [6.07, 6.45) is 4.89. The average molecular weight is 265 g/mol. The van der Waals surface area contributed by atoms with Gasteiger partial charge in [-0.3, -0.25) is 9.59 Å². The fourth-order valence-corrected chi connectivity index (χ4v) is 4.81. The summed E-state index contributed by atoms with van der Waals surface area (Å²) in [4.78, 5) is 27.0. The van der Waals surface area contributed by atoms with Gasteiger partial charge in [-0.05, 0) is 36.8 Å². The maximum atomic E-state index is 12.7. The Morgan fingerprint density at radius 1 is 1.20 bits per heavy atom. The predicted molar refractivity (Wildman–Crippen MR) is 73.4 cm³/mol. The smallest absolute Gasteiger partial charge is 0.251 e. The van der Waals surface area contributed by atoms with Crippen LogP contribution >= 0.6 is 0 Å². The number of amides is 1. The molecule has 20 heavy (non-hydrogen) atoms. The van der Waals surface area contributed by atoms with Crippen molar-refractivity contribution in [1.82, 2.24) is 4.90 Å². The lowest BCUT2D eigenvalue weighted by Gasteiger charge is -2.38. The molecule has 3 unspecified atom stereocenters. The summed E-state index contributed by atoms with van der Waals surface area (Å²) in [5, 5.41) is 0. The Labute approximate surface area is 117 Å². The molecule has 4 aliphatic rings. The lowest BCUT2D eigenvalue weighted by Crippen LogP contribution is -2.48. The predicted octanol–water partition coefficient (Wildman–Crippen LogP) is 2.07. The van der Waals surface area contributed by atoms with Crippen molar-refractivity contribution in [3.8, 4) is 0 Å². The molecule has 1 spiro atoms. The molecule has 3 fully saturated rings. The monoisotopic (exact) mass is 265 g/mol. The van der Waals surface area contributed by atoms with Crippen LogP contribution in [0.3, 0.4) is 0 Å². The molecule has 0 N–H and O–H groups in total. The van der Waals surface area contributed by atoms with Gasteiger partial charge in [0.15, 0.2) is 5.78 Å². The van der Waals surface area contributed by atoms with Crippen LogP contribution in [0.4, 0.5) is 0 Å². The minimum absolute atomic E-state index is 0.00197. The first-order valence-electron chi connectivity index (χ1n) is 7.40. The summed E-state index contributed by atoms with van der Waals surface area (Å²) in [7, 11) is 0. The van der Waals surface area contributed by atoms with Crippen LogP contribution in [0.15, 0.2) is 35.9 Å². The maximum absolute atomic E-state index is 12.7. The van der Waals surface area contributed by atoms with Gasteiger partial charge >= 0.3 is 0 Å². The number of fused-ring (bicyclic) bond motifs is 3. The van der Waals surface area contributed by atoms with E-state index >= 15 is 0 Å². The molecule has 100 valence electrons. The second-order valence-corrected chi connectivity index (χ2v) is 6.46. The molecule has 0 aromatic heterocycles. The molecule has 3 heteroatoms. The van der Waals surface area contributed by atoms with Gasteiger partial charge in [0.25, 0.3) is 5.91 Å². The number of piperidine rings is 1. The highest BCUT2D eigenvalue weighted by Crippen LogP contribution is 2.67. The molecule has 3 nitrogen and oxygen atoms in total. The van der Waals surface area contributed by atoms with Gasteiger partial charge in [-0.1, -0.05) is 24.3 Å². The molecule has 1 amide bonds. The van der Waals surface area contributed by atoms with Gasteiger partial charge in [0.2, 0.25) is 0 Å². The molecule has 2 aliphatic heterocycles. The number of carbonyl (C=O) groups is 2. The SMILES string of the molecule is O=C1C=C2C(=O)N3CCCC3C3CC23c2ccccc21. The molecule has 1 aromatic rings. The zero-order valence-corrected chi connectivity index (χ0v) is 11.1. The molecular formula is C17H15NO2. The molecule has 2 aliphatic carbocycles. The van der Waals surface area contributed by atoms with Gasteiger partial charge < -0.3 is 4.90 Å². The minimum atomic E-state index is -0.132. The van der Waals surface area contributed by atoms with E-state index < -0.39 is 0 Å². The van der Waals surface area contributed by atoms with Gasteiger partial charge in [0.05, 0.1) is 0 Å². The summed E-state index contributed by atoms with van der Waals surface area (Å²) in [5.41, 5.74) is 2.54.